The lowest BCUT2D eigenvalue weighted by molar-refractivity contribution is -0.152. The summed E-state index contributed by atoms with van der Waals surface area (Å²) in [6.07, 6.45) is 6.94. The van der Waals surface area contributed by atoms with E-state index in [0.717, 1.165) is 25.7 Å². The van der Waals surface area contributed by atoms with Crippen LogP contribution < -0.4 is 5.32 Å². The summed E-state index contributed by atoms with van der Waals surface area (Å²) in [5.41, 5.74) is 1.19. The monoisotopic (exact) mass is 663 g/mol. The Bertz CT molecular complexity index is 1610. The van der Waals surface area contributed by atoms with Gasteiger partial charge >= 0.3 is 12.1 Å². The summed E-state index contributed by atoms with van der Waals surface area (Å²) in [5, 5.41) is 3.28. The van der Waals surface area contributed by atoms with Crippen LogP contribution in [-0.4, -0.2) is 64.9 Å². The van der Waals surface area contributed by atoms with Crippen molar-refractivity contribution in [3.05, 3.63) is 76.9 Å². The molecule has 3 heterocycles. The molecule has 1 N–H and O–H groups in total. The number of hydrogen-bond acceptors (Lipinski definition) is 7. The largest absolute Gasteiger partial charge is 0.466 e. The van der Waals surface area contributed by atoms with Crippen LogP contribution in [0.4, 0.5) is 19.3 Å². The average Bonchev–Trinajstić information content (AvgIpc) is 3.36. The van der Waals surface area contributed by atoms with Gasteiger partial charge in [0, 0.05) is 30.6 Å². The summed E-state index contributed by atoms with van der Waals surface area (Å²) in [6.45, 7) is 3.83. The number of carbonyl (C=O) groups is 4. The van der Waals surface area contributed by atoms with E-state index in [0.29, 0.717) is 35.2 Å². The van der Waals surface area contributed by atoms with Crippen molar-refractivity contribution in [2.45, 2.75) is 96.5 Å². The van der Waals surface area contributed by atoms with E-state index in [2.05, 4.69) is 11.4 Å². The number of anilines is 1. The van der Waals surface area contributed by atoms with Crippen molar-refractivity contribution in [3.8, 4) is 0 Å². The van der Waals surface area contributed by atoms with Gasteiger partial charge in [-0.25, -0.2) is 13.6 Å². The Balaban J connectivity index is 1.26. The van der Waals surface area contributed by atoms with Crippen LogP contribution in [0.2, 0.25) is 0 Å². The lowest BCUT2D eigenvalue weighted by Crippen LogP contribution is -2.48. The van der Waals surface area contributed by atoms with E-state index >= 15 is 0 Å². The van der Waals surface area contributed by atoms with Gasteiger partial charge in [0.05, 0.1) is 31.2 Å². The van der Waals surface area contributed by atoms with Gasteiger partial charge in [0.1, 0.15) is 23.8 Å². The number of ether oxygens (including phenoxy) is 2. The van der Waals surface area contributed by atoms with Gasteiger partial charge in [-0.15, -0.1) is 0 Å². The molecule has 0 radical (unpaired) electrons. The highest BCUT2D eigenvalue weighted by atomic mass is 19.1. The molecule has 9 nitrogen and oxygen atoms in total. The highest BCUT2D eigenvalue weighted by Crippen LogP contribution is 2.57. The predicted molar refractivity (Wildman–Crippen MR) is 174 cm³/mol. The normalized spacial score (nSPS) is 28.0. The van der Waals surface area contributed by atoms with E-state index in [9.17, 15) is 28.0 Å². The minimum atomic E-state index is -0.984. The Hall–Kier alpha value is -4.28. The second kappa shape index (κ2) is 14.1. The average molecular weight is 664 g/mol. The van der Waals surface area contributed by atoms with Crippen LogP contribution in [0.15, 0.2) is 48.6 Å². The van der Waals surface area contributed by atoms with Crippen molar-refractivity contribution in [3.63, 3.8) is 0 Å². The summed E-state index contributed by atoms with van der Waals surface area (Å²) in [6, 6.07) is 7.66. The van der Waals surface area contributed by atoms with Crippen molar-refractivity contribution >= 4 is 29.4 Å². The van der Waals surface area contributed by atoms with Crippen molar-refractivity contribution < 1.29 is 37.4 Å². The molecule has 256 valence electrons. The molecule has 1 saturated heterocycles. The third kappa shape index (κ3) is 6.96. The molecule has 0 spiro atoms. The lowest BCUT2D eigenvalue weighted by atomic mass is 9.91. The number of nitrogens with one attached hydrogen (secondary N) is 1. The molecule has 2 amide bonds. The first-order valence-corrected chi connectivity index (χ1v) is 17.0. The van der Waals surface area contributed by atoms with Crippen molar-refractivity contribution in [1.29, 1.82) is 0 Å². The minimum Gasteiger partial charge on any atom is -0.466 e. The predicted octanol–water partition coefficient (Wildman–Crippen LogP) is 6.22. The Morgan fingerprint density at radius 2 is 1.90 bits per heavy atom. The topological polar surface area (TPSA) is 105 Å². The van der Waals surface area contributed by atoms with Crippen molar-refractivity contribution in [2.75, 3.05) is 18.5 Å². The van der Waals surface area contributed by atoms with Gasteiger partial charge in [-0.2, -0.15) is 0 Å². The highest BCUT2D eigenvalue weighted by Gasteiger charge is 2.61. The lowest BCUT2D eigenvalue weighted by Gasteiger charge is -2.30. The quantitative estimate of drug-likeness (QED) is 0.299. The molecule has 5 atom stereocenters. The number of amides is 2. The molecule has 0 aromatic heterocycles. The smallest absolute Gasteiger partial charge is 0.410 e. The van der Waals surface area contributed by atoms with Crippen LogP contribution >= 0.6 is 0 Å². The summed E-state index contributed by atoms with van der Waals surface area (Å²) >= 11 is 0. The second-order valence-corrected chi connectivity index (χ2v) is 13.5. The van der Waals surface area contributed by atoms with Crippen LogP contribution in [0.3, 0.4) is 0 Å². The second-order valence-electron chi connectivity index (χ2n) is 13.5. The molecular weight excluding hydrogens is 620 g/mol. The maximum absolute atomic E-state index is 14.4. The van der Waals surface area contributed by atoms with Gasteiger partial charge < -0.3 is 19.7 Å². The first-order valence-electron chi connectivity index (χ1n) is 17.0. The maximum Gasteiger partial charge on any atom is 0.410 e. The standard InChI is InChI=1S/C37H43F2N3O6/c1-3-47-35(45)37-18-25(37)11-7-5-4-6-8-13-31(40-26-14-15-29(38)23(2)16-26)34(44)42-21-27(17-32(42)33(43)19-37)48-36(46)41-20-24-10-9-12-30(39)28(24)22-41/h7,9-12,14-16,25,27,31-32,40H,3-6,8,13,17-22H2,1-2H3/b11-7-/t25-,27+,31-,32-,37+/m0/s1. The third-order valence-corrected chi connectivity index (χ3v) is 10.2. The first-order chi connectivity index (χ1) is 23.1. The molecule has 11 heteroatoms. The van der Waals surface area contributed by atoms with Gasteiger partial charge in [0.2, 0.25) is 5.91 Å². The van der Waals surface area contributed by atoms with Crippen LogP contribution in [0.25, 0.3) is 0 Å². The molecule has 1 saturated carbocycles. The fourth-order valence-corrected chi connectivity index (χ4v) is 7.40. The van der Waals surface area contributed by atoms with Crippen LogP contribution in [0.1, 0.15) is 75.0 Å². The van der Waals surface area contributed by atoms with Gasteiger partial charge in [0.15, 0.2) is 5.78 Å². The number of esters is 1. The van der Waals surface area contributed by atoms with Crippen LogP contribution in [-0.2, 0) is 36.9 Å². The number of carbonyl (C=O) groups excluding carboxylic acids is 4. The number of rotatable bonds is 5. The molecule has 48 heavy (non-hydrogen) atoms. The Labute approximate surface area is 279 Å². The number of halogens is 2. The van der Waals surface area contributed by atoms with E-state index in [1.54, 1.807) is 38.1 Å². The Morgan fingerprint density at radius 3 is 2.67 bits per heavy atom. The van der Waals surface area contributed by atoms with E-state index in [4.69, 9.17) is 9.47 Å². The molecule has 1 aliphatic carbocycles. The Morgan fingerprint density at radius 1 is 1.06 bits per heavy atom. The first kappa shape index (κ1) is 33.6. The van der Waals surface area contributed by atoms with Gasteiger partial charge in [-0.3, -0.25) is 19.3 Å². The molecule has 2 aromatic carbocycles. The molecule has 4 aliphatic rings. The highest BCUT2D eigenvalue weighted by molar-refractivity contribution is 5.96. The van der Waals surface area contributed by atoms with Crippen molar-refractivity contribution in [1.82, 2.24) is 9.80 Å². The molecule has 6 rings (SSSR count). The van der Waals surface area contributed by atoms with E-state index in [-0.39, 0.29) is 68.3 Å². The molecule has 2 aromatic rings. The number of allylic oxidation sites excluding steroid dienone is 2. The fourth-order valence-electron chi connectivity index (χ4n) is 7.40. The van der Waals surface area contributed by atoms with E-state index in [1.807, 2.05) is 6.08 Å². The van der Waals surface area contributed by atoms with Gasteiger partial charge in [-0.1, -0.05) is 37.1 Å². The number of fused-ring (bicyclic) bond motifs is 3. The molecule has 0 bridgehead atoms. The minimum absolute atomic E-state index is 0.00745. The van der Waals surface area contributed by atoms with Gasteiger partial charge in [0.25, 0.3) is 0 Å². The maximum atomic E-state index is 14.4. The zero-order valence-corrected chi connectivity index (χ0v) is 27.5. The molecule has 0 unspecified atom stereocenters. The van der Waals surface area contributed by atoms with E-state index in [1.165, 1.54) is 21.9 Å². The number of nitrogens with zero attached hydrogens (tertiary/aromatic N) is 2. The number of aryl methyl sites for hydroxylation is 1. The summed E-state index contributed by atoms with van der Waals surface area (Å²) in [5.74, 6) is -1.89. The third-order valence-electron chi connectivity index (χ3n) is 10.2. The zero-order valence-electron chi connectivity index (χ0n) is 27.5. The van der Waals surface area contributed by atoms with E-state index < -0.39 is 35.7 Å². The number of ketones is 1. The number of Topliss-reactive ketones (excluding diaryl/α,β-unsaturated/α-hetero) is 1. The van der Waals surface area contributed by atoms with Crippen LogP contribution in [0, 0.1) is 29.9 Å². The van der Waals surface area contributed by atoms with Crippen LogP contribution in [0.5, 0.6) is 0 Å². The summed E-state index contributed by atoms with van der Waals surface area (Å²) in [4.78, 5) is 58.0. The van der Waals surface area contributed by atoms with Gasteiger partial charge in [-0.05, 0) is 80.8 Å². The van der Waals surface area contributed by atoms with Crippen molar-refractivity contribution in [2.24, 2.45) is 11.3 Å². The fraction of sp³-hybridized carbons (Fsp3) is 0.514. The summed E-state index contributed by atoms with van der Waals surface area (Å²) in [7, 11) is 0. The summed E-state index contributed by atoms with van der Waals surface area (Å²) < 4.78 is 39.8. The number of hydrogen-bond donors (Lipinski definition) is 1. The Kier molecular flexibility index (Phi) is 9.85. The number of benzene rings is 2. The molecule has 3 aliphatic heterocycles. The molecule has 2 fully saturated rings. The zero-order chi connectivity index (χ0) is 34.0. The SMILES string of the molecule is CCOC(=O)[C@]12CC(=O)[C@@H]3C[C@@H](OC(=O)N4Cc5cccc(F)c5C4)CN3C(=O)[C@@H](Nc3ccc(F)c(C)c3)CCCCC/C=C\[C@H]1C2. The molecular formula is C37H43F2N3O6.